The van der Waals surface area contributed by atoms with Crippen molar-refractivity contribution in [2.45, 2.75) is 51.2 Å². The van der Waals surface area contributed by atoms with Crippen LogP contribution in [-0.2, 0) is 17.6 Å². The van der Waals surface area contributed by atoms with Gasteiger partial charge in [0.15, 0.2) is 0 Å². The maximum atomic E-state index is 5.95. The van der Waals surface area contributed by atoms with Gasteiger partial charge in [0.05, 0.1) is 5.60 Å². The highest BCUT2D eigenvalue weighted by Gasteiger charge is 2.37. The fourth-order valence-electron chi connectivity index (χ4n) is 2.85. The third-order valence-corrected chi connectivity index (χ3v) is 4.21. The van der Waals surface area contributed by atoms with E-state index in [1.54, 1.807) is 0 Å². The number of ether oxygens (including phenoxy) is 1. The lowest BCUT2D eigenvalue weighted by atomic mass is 9.88. The van der Waals surface area contributed by atoms with Crippen molar-refractivity contribution < 1.29 is 4.74 Å². The van der Waals surface area contributed by atoms with Gasteiger partial charge in [0, 0.05) is 12.6 Å². The first-order valence-electron chi connectivity index (χ1n) is 7.07. The van der Waals surface area contributed by atoms with Crippen LogP contribution in [0.3, 0.4) is 0 Å². The lowest BCUT2D eigenvalue weighted by Crippen LogP contribution is -2.48. The molecular weight excluding hydrogens is 222 g/mol. The Kier molecular flexibility index (Phi) is 4.41. The molecule has 100 valence electrons. The van der Waals surface area contributed by atoms with Crippen LogP contribution in [0.5, 0.6) is 0 Å². The van der Waals surface area contributed by atoms with Gasteiger partial charge in [0.25, 0.3) is 0 Å². The maximum Gasteiger partial charge on any atom is 0.0810 e. The largest absolute Gasteiger partial charge is 0.374 e. The summed E-state index contributed by atoms with van der Waals surface area (Å²) in [6.07, 6.45) is 4.49. The Bertz CT molecular complexity index is 365. The van der Waals surface area contributed by atoms with Crippen molar-refractivity contribution in [1.82, 2.24) is 5.32 Å². The van der Waals surface area contributed by atoms with Crippen LogP contribution in [0.1, 0.15) is 37.8 Å². The molecule has 1 aliphatic rings. The third-order valence-electron chi connectivity index (χ3n) is 4.21. The molecule has 0 amide bonds. The molecule has 1 aromatic carbocycles. The minimum absolute atomic E-state index is 0.00181. The van der Waals surface area contributed by atoms with Crippen molar-refractivity contribution in [2.24, 2.45) is 0 Å². The van der Waals surface area contributed by atoms with Gasteiger partial charge in [-0.25, -0.2) is 0 Å². The molecule has 2 unspecified atom stereocenters. The lowest BCUT2D eigenvalue weighted by molar-refractivity contribution is -0.00943. The van der Waals surface area contributed by atoms with Crippen LogP contribution in [0.2, 0.25) is 0 Å². The summed E-state index contributed by atoms with van der Waals surface area (Å²) in [6, 6.07) is 9.37. The van der Waals surface area contributed by atoms with Gasteiger partial charge in [-0.3, -0.25) is 0 Å². The topological polar surface area (TPSA) is 21.3 Å². The Morgan fingerprint density at radius 1 is 1.28 bits per heavy atom. The molecule has 0 saturated carbocycles. The molecule has 1 aliphatic heterocycles. The van der Waals surface area contributed by atoms with E-state index in [1.165, 1.54) is 17.5 Å². The van der Waals surface area contributed by atoms with Gasteiger partial charge >= 0.3 is 0 Å². The molecule has 2 nitrogen and oxygen atoms in total. The monoisotopic (exact) mass is 247 g/mol. The zero-order chi connectivity index (χ0) is 13.0. The molecule has 2 rings (SSSR count). The summed E-state index contributed by atoms with van der Waals surface area (Å²) < 4.78 is 5.95. The van der Waals surface area contributed by atoms with Crippen LogP contribution in [0.25, 0.3) is 0 Å². The molecule has 2 atom stereocenters. The molecule has 0 radical (unpaired) electrons. The Morgan fingerprint density at radius 3 is 2.44 bits per heavy atom. The molecule has 1 aromatic rings. The summed E-state index contributed by atoms with van der Waals surface area (Å²) in [6.45, 7) is 5.34. The summed E-state index contributed by atoms with van der Waals surface area (Å²) in [5.41, 5.74) is 2.80. The van der Waals surface area contributed by atoms with Gasteiger partial charge in [-0.05, 0) is 50.8 Å². The van der Waals surface area contributed by atoms with E-state index in [9.17, 15) is 0 Å². The van der Waals surface area contributed by atoms with Crippen LogP contribution >= 0.6 is 0 Å². The predicted molar refractivity (Wildman–Crippen MR) is 76.0 cm³/mol. The van der Waals surface area contributed by atoms with E-state index in [-0.39, 0.29) is 5.60 Å². The SMILES string of the molecule is CCc1ccc(CC(NC)C2(C)CCCO2)cc1. The molecule has 1 saturated heterocycles. The van der Waals surface area contributed by atoms with Gasteiger partial charge in [-0.1, -0.05) is 31.2 Å². The number of benzene rings is 1. The average molecular weight is 247 g/mol. The fraction of sp³-hybridized carbons (Fsp3) is 0.625. The van der Waals surface area contributed by atoms with E-state index >= 15 is 0 Å². The summed E-state index contributed by atoms with van der Waals surface area (Å²) in [5.74, 6) is 0. The number of rotatable bonds is 5. The smallest absolute Gasteiger partial charge is 0.0810 e. The minimum atomic E-state index is -0.00181. The minimum Gasteiger partial charge on any atom is -0.374 e. The second kappa shape index (κ2) is 5.85. The summed E-state index contributed by atoms with van der Waals surface area (Å²) >= 11 is 0. The quantitative estimate of drug-likeness (QED) is 0.864. The standard InChI is InChI=1S/C16H25NO/c1-4-13-6-8-14(9-7-13)12-15(17-3)16(2)10-5-11-18-16/h6-9,15,17H,4-5,10-12H2,1-3H3. The van der Waals surface area contributed by atoms with Crippen LogP contribution in [0, 0.1) is 0 Å². The second-order valence-corrected chi connectivity index (χ2v) is 5.48. The van der Waals surface area contributed by atoms with E-state index < -0.39 is 0 Å². The number of hydrogen-bond donors (Lipinski definition) is 1. The van der Waals surface area contributed by atoms with Crippen LogP contribution in [-0.4, -0.2) is 25.3 Å². The number of likely N-dealkylation sites (N-methyl/N-ethyl adjacent to an activating group) is 1. The second-order valence-electron chi connectivity index (χ2n) is 5.48. The average Bonchev–Trinajstić information content (AvgIpc) is 2.84. The Morgan fingerprint density at radius 2 is 1.94 bits per heavy atom. The maximum absolute atomic E-state index is 5.95. The van der Waals surface area contributed by atoms with E-state index in [0.29, 0.717) is 6.04 Å². The molecular formula is C16H25NO. The van der Waals surface area contributed by atoms with Gasteiger partial charge in [-0.15, -0.1) is 0 Å². The van der Waals surface area contributed by atoms with E-state index in [0.717, 1.165) is 25.9 Å². The highest BCUT2D eigenvalue weighted by Crippen LogP contribution is 2.30. The lowest BCUT2D eigenvalue weighted by Gasteiger charge is -2.33. The molecule has 1 N–H and O–H groups in total. The van der Waals surface area contributed by atoms with E-state index in [1.807, 2.05) is 7.05 Å². The van der Waals surface area contributed by atoms with Gasteiger partial charge in [-0.2, -0.15) is 0 Å². The molecule has 2 heteroatoms. The number of nitrogens with one attached hydrogen (secondary N) is 1. The molecule has 0 spiro atoms. The first-order valence-corrected chi connectivity index (χ1v) is 7.07. The number of aryl methyl sites for hydroxylation is 1. The summed E-state index contributed by atoms with van der Waals surface area (Å²) in [7, 11) is 2.04. The number of hydrogen-bond acceptors (Lipinski definition) is 2. The third kappa shape index (κ3) is 2.93. The molecule has 0 aliphatic carbocycles. The molecule has 18 heavy (non-hydrogen) atoms. The van der Waals surface area contributed by atoms with Gasteiger partial charge in [0.1, 0.15) is 0 Å². The van der Waals surface area contributed by atoms with Crippen molar-refractivity contribution in [3.8, 4) is 0 Å². The first-order chi connectivity index (χ1) is 8.68. The van der Waals surface area contributed by atoms with Crippen LogP contribution in [0.15, 0.2) is 24.3 Å². The van der Waals surface area contributed by atoms with E-state index in [4.69, 9.17) is 4.74 Å². The molecule has 0 bridgehead atoms. The van der Waals surface area contributed by atoms with Crippen LogP contribution < -0.4 is 5.32 Å². The Labute approximate surface area is 111 Å². The van der Waals surface area contributed by atoms with Crippen molar-refractivity contribution in [1.29, 1.82) is 0 Å². The van der Waals surface area contributed by atoms with Gasteiger partial charge < -0.3 is 10.1 Å². The normalized spacial score (nSPS) is 25.3. The van der Waals surface area contributed by atoms with Crippen molar-refractivity contribution in [2.75, 3.05) is 13.7 Å². The molecule has 0 aromatic heterocycles. The van der Waals surface area contributed by atoms with E-state index in [2.05, 4.69) is 43.4 Å². The zero-order valence-electron chi connectivity index (χ0n) is 11.8. The highest BCUT2D eigenvalue weighted by molar-refractivity contribution is 5.23. The van der Waals surface area contributed by atoms with Crippen molar-refractivity contribution in [3.05, 3.63) is 35.4 Å². The zero-order valence-corrected chi connectivity index (χ0v) is 11.8. The molecule has 1 heterocycles. The molecule has 1 fully saturated rings. The predicted octanol–water partition coefficient (Wildman–Crippen LogP) is 2.95. The van der Waals surface area contributed by atoms with Crippen molar-refractivity contribution in [3.63, 3.8) is 0 Å². The Hall–Kier alpha value is -0.860. The Balaban J connectivity index is 2.05. The summed E-state index contributed by atoms with van der Waals surface area (Å²) in [5, 5.41) is 3.44. The van der Waals surface area contributed by atoms with Crippen molar-refractivity contribution >= 4 is 0 Å². The first kappa shape index (κ1) is 13.6. The summed E-state index contributed by atoms with van der Waals surface area (Å²) in [4.78, 5) is 0. The van der Waals surface area contributed by atoms with Gasteiger partial charge in [0.2, 0.25) is 0 Å². The highest BCUT2D eigenvalue weighted by atomic mass is 16.5. The fourth-order valence-corrected chi connectivity index (χ4v) is 2.85. The van der Waals surface area contributed by atoms with Crippen LogP contribution in [0.4, 0.5) is 0 Å².